The molecule has 1 N–H and O–H groups in total. The molecule has 4 heteroatoms. The Morgan fingerprint density at radius 3 is 2.83 bits per heavy atom. The fourth-order valence-electron chi connectivity index (χ4n) is 1.84. The van der Waals surface area contributed by atoms with Crippen LogP contribution in [0.2, 0.25) is 5.15 Å². The Hall–Kier alpha value is -1.06. The monoisotopic (exact) mass is 324 g/mol. The largest absolute Gasteiger partial charge is 0.378 e. The van der Waals surface area contributed by atoms with Crippen LogP contribution >= 0.6 is 27.5 Å². The summed E-state index contributed by atoms with van der Waals surface area (Å²) in [6.45, 7) is 2.15. The van der Waals surface area contributed by atoms with Crippen LogP contribution < -0.4 is 5.32 Å². The van der Waals surface area contributed by atoms with E-state index in [-0.39, 0.29) is 6.04 Å². The van der Waals surface area contributed by atoms with E-state index in [0.717, 1.165) is 16.6 Å². The van der Waals surface area contributed by atoms with E-state index in [1.807, 2.05) is 24.3 Å². The zero-order valence-electron chi connectivity index (χ0n) is 10.0. The maximum atomic E-state index is 5.88. The van der Waals surface area contributed by atoms with Crippen molar-refractivity contribution in [1.82, 2.24) is 4.98 Å². The van der Waals surface area contributed by atoms with Gasteiger partial charge in [0.05, 0.1) is 6.04 Å². The number of nitrogens with zero attached hydrogens (tertiary/aromatic N) is 1. The van der Waals surface area contributed by atoms with Gasteiger partial charge in [0.2, 0.25) is 0 Å². The van der Waals surface area contributed by atoms with Gasteiger partial charge in [0.25, 0.3) is 0 Å². The van der Waals surface area contributed by atoms with Crippen molar-refractivity contribution in [3.63, 3.8) is 0 Å². The van der Waals surface area contributed by atoms with Crippen LogP contribution in [-0.2, 0) is 0 Å². The molecule has 0 fully saturated rings. The summed E-state index contributed by atoms with van der Waals surface area (Å²) in [6.07, 6.45) is 2.70. The van der Waals surface area contributed by atoms with Gasteiger partial charge < -0.3 is 5.32 Å². The Morgan fingerprint density at radius 1 is 1.33 bits per heavy atom. The Balaban J connectivity index is 2.19. The molecule has 0 saturated carbocycles. The van der Waals surface area contributed by atoms with E-state index in [2.05, 4.69) is 45.3 Å². The molecule has 0 bridgehead atoms. The lowest BCUT2D eigenvalue weighted by molar-refractivity contribution is 0.748. The second-order valence-electron chi connectivity index (χ2n) is 4.03. The van der Waals surface area contributed by atoms with Gasteiger partial charge in [0, 0.05) is 16.4 Å². The molecule has 0 aliphatic rings. The number of halogens is 2. The average molecular weight is 326 g/mol. The highest BCUT2D eigenvalue weighted by molar-refractivity contribution is 9.10. The third-order valence-electron chi connectivity index (χ3n) is 2.73. The molecule has 2 nitrogen and oxygen atoms in total. The molecular formula is C14H14BrClN2. The van der Waals surface area contributed by atoms with E-state index in [1.54, 1.807) is 6.20 Å². The molecule has 0 radical (unpaired) electrons. The molecule has 18 heavy (non-hydrogen) atoms. The van der Waals surface area contributed by atoms with Crippen molar-refractivity contribution in [3.05, 3.63) is 57.8 Å². The minimum absolute atomic E-state index is 0.265. The number of aromatic nitrogens is 1. The van der Waals surface area contributed by atoms with Crippen molar-refractivity contribution in [2.24, 2.45) is 0 Å². The zero-order chi connectivity index (χ0) is 13.0. The van der Waals surface area contributed by atoms with Crippen LogP contribution in [-0.4, -0.2) is 4.98 Å². The van der Waals surface area contributed by atoms with Crippen molar-refractivity contribution in [3.8, 4) is 0 Å². The lowest BCUT2D eigenvalue weighted by Gasteiger charge is -2.19. The second kappa shape index (κ2) is 6.21. The van der Waals surface area contributed by atoms with Crippen molar-refractivity contribution in [1.29, 1.82) is 0 Å². The SMILES string of the molecule is CCC(Nc1ccnc(Cl)c1)c1cccc(Br)c1. The summed E-state index contributed by atoms with van der Waals surface area (Å²) in [5, 5.41) is 3.97. The summed E-state index contributed by atoms with van der Waals surface area (Å²) in [4.78, 5) is 3.98. The summed E-state index contributed by atoms with van der Waals surface area (Å²) in [5.74, 6) is 0. The number of anilines is 1. The molecule has 0 aliphatic heterocycles. The minimum atomic E-state index is 0.265. The Kier molecular flexibility index (Phi) is 4.61. The van der Waals surface area contributed by atoms with Crippen LogP contribution in [0.25, 0.3) is 0 Å². The third kappa shape index (κ3) is 3.47. The lowest BCUT2D eigenvalue weighted by atomic mass is 10.0. The first-order chi connectivity index (χ1) is 8.69. The average Bonchev–Trinajstić information content (AvgIpc) is 2.36. The highest BCUT2D eigenvalue weighted by Gasteiger charge is 2.09. The molecule has 0 amide bonds. The van der Waals surface area contributed by atoms with E-state index in [0.29, 0.717) is 5.15 Å². The summed E-state index contributed by atoms with van der Waals surface area (Å²) in [5.41, 5.74) is 2.24. The molecule has 1 aromatic heterocycles. The molecular weight excluding hydrogens is 312 g/mol. The molecule has 0 spiro atoms. The lowest BCUT2D eigenvalue weighted by Crippen LogP contribution is -2.09. The number of hydrogen-bond donors (Lipinski definition) is 1. The van der Waals surface area contributed by atoms with Gasteiger partial charge in [0.1, 0.15) is 5.15 Å². The van der Waals surface area contributed by atoms with Crippen molar-refractivity contribution in [2.75, 3.05) is 5.32 Å². The summed E-state index contributed by atoms with van der Waals surface area (Å²) in [6, 6.07) is 12.3. The summed E-state index contributed by atoms with van der Waals surface area (Å²) in [7, 11) is 0. The normalized spacial score (nSPS) is 12.2. The van der Waals surface area contributed by atoms with E-state index in [4.69, 9.17) is 11.6 Å². The van der Waals surface area contributed by atoms with Gasteiger partial charge in [-0.15, -0.1) is 0 Å². The second-order valence-corrected chi connectivity index (χ2v) is 5.33. The van der Waals surface area contributed by atoms with Crippen LogP contribution in [0, 0.1) is 0 Å². The van der Waals surface area contributed by atoms with Crippen LogP contribution in [0.4, 0.5) is 5.69 Å². The molecule has 0 saturated heterocycles. The third-order valence-corrected chi connectivity index (χ3v) is 3.43. The molecule has 1 heterocycles. The first-order valence-corrected chi connectivity index (χ1v) is 6.99. The van der Waals surface area contributed by atoms with Crippen LogP contribution in [0.1, 0.15) is 24.9 Å². The van der Waals surface area contributed by atoms with Crippen molar-refractivity contribution in [2.45, 2.75) is 19.4 Å². The van der Waals surface area contributed by atoms with Crippen LogP contribution in [0.15, 0.2) is 47.1 Å². The van der Waals surface area contributed by atoms with Gasteiger partial charge >= 0.3 is 0 Å². The van der Waals surface area contributed by atoms with Gasteiger partial charge in [-0.25, -0.2) is 4.98 Å². The standard InChI is InChI=1S/C14H14BrClN2/c1-2-13(10-4-3-5-11(15)8-10)18-12-6-7-17-14(16)9-12/h3-9,13H,2H2,1H3,(H,17,18). The number of rotatable bonds is 4. The maximum absolute atomic E-state index is 5.88. The first kappa shape index (κ1) is 13.4. The maximum Gasteiger partial charge on any atom is 0.131 e. The highest BCUT2D eigenvalue weighted by atomic mass is 79.9. The number of hydrogen-bond acceptors (Lipinski definition) is 2. The molecule has 1 aromatic carbocycles. The smallest absolute Gasteiger partial charge is 0.131 e. The van der Waals surface area contributed by atoms with Crippen molar-refractivity contribution < 1.29 is 0 Å². The van der Waals surface area contributed by atoms with Crippen molar-refractivity contribution >= 4 is 33.2 Å². The number of nitrogens with one attached hydrogen (secondary N) is 1. The Morgan fingerprint density at radius 2 is 2.17 bits per heavy atom. The van der Waals surface area contributed by atoms with E-state index in [9.17, 15) is 0 Å². The predicted octanol–water partition coefficient (Wildman–Crippen LogP) is 5.06. The quantitative estimate of drug-likeness (QED) is 0.795. The molecule has 2 rings (SSSR count). The Bertz CT molecular complexity index is 531. The summed E-state index contributed by atoms with van der Waals surface area (Å²) < 4.78 is 1.09. The fourth-order valence-corrected chi connectivity index (χ4v) is 2.43. The molecule has 94 valence electrons. The van der Waals surface area contributed by atoms with Crippen LogP contribution in [0.5, 0.6) is 0 Å². The molecule has 0 aliphatic carbocycles. The molecule has 1 unspecified atom stereocenters. The minimum Gasteiger partial charge on any atom is -0.378 e. The van der Waals surface area contributed by atoms with E-state index in [1.165, 1.54) is 5.56 Å². The van der Waals surface area contributed by atoms with E-state index >= 15 is 0 Å². The van der Waals surface area contributed by atoms with Gasteiger partial charge in [-0.3, -0.25) is 0 Å². The Labute approximate surface area is 121 Å². The first-order valence-electron chi connectivity index (χ1n) is 5.82. The zero-order valence-corrected chi connectivity index (χ0v) is 12.4. The number of benzene rings is 1. The van der Waals surface area contributed by atoms with Gasteiger partial charge in [0.15, 0.2) is 0 Å². The number of pyridine rings is 1. The topological polar surface area (TPSA) is 24.9 Å². The fraction of sp³-hybridized carbons (Fsp3) is 0.214. The summed E-state index contributed by atoms with van der Waals surface area (Å²) >= 11 is 9.38. The van der Waals surface area contributed by atoms with Gasteiger partial charge in [-0.1, -0.05) is 46.6 Å². The molecule has 1 atom stereocenters. The van der Waals surface area contributed by atoms with Crippen LogP contribution in [0.3, 0.4) is 0 Å². The van der Waals surface area contributed by atoms with Gasteiger partial charge in [-0.2, -0.15) is 0 Å². The highest BCUT2D eigenvalue weighted by Crippen LogP contribution is 2.25. The van der Waals surface area contributed by atoms with Gasteiger partial charge in [-0.05, 0) is 36.2 Å². The predicted molar refractivity (Wildman–Crippen MR) is 80.0 cm³/mol. The van der Waals surface area contributed by atoms with E-state index < -0.39 is 0 Å². The molecule has 2 aromatic rings.